The Balaban J connectivity index is 1.45. The number of ether oxygens (including phenoxy) is 1. The van der Waals surface area contributed by atoms with E-state index in [1.54, 1.807) is 0 Å². The molecule has 4 nitrogen and oxygen atoms in total. The molecule has 1 heterocycles. The van der Waals surface area contributed by atoms with Crippen LogP contribution in [-0.2, 0) is 9.59 Å². The number of anilines is 1. The molecule has 4 atom stereocenters. The fraction of sp³-hybridized carbons (Fsp3) is 0.308. The Morgan fingerprint density at radius 1 is 0.900 bits per heavy atom. The molecule has 1 saturated carbocycles. The Bertz CT molecular complexity index is 1020. The van der Waals surface area contributed by atoms with Gasteiger partial charge in [0.1, 0.15) is 5.75 Å². The van der Waals surface area contributed by atoms with Crippen LogP contribution in [0.3, 0.4) is 0 Å². The zero-order valence-electron chi connectivity index (χ0n) is 17.2. The highest BCUT2D eigenvalue weighted by Gasteiger charge is 2.62. The van der Waals surface area contributed by atoms with E-state index in [1.807, 2.05) is 42.5 Å². The average molecular weight is 399 g/mol. The van der Waals surface area contributed by atoms with Gasteiger partial charge in [-0.2, -0.15) is 0 Å². The summed E-state index contributed by atoms with van der Waals surface area (Å²) in [4.78, 5) is 28.1. The second-order valence-corrected chi connectivity index (χ2v) is 8.29. The van der Waals surface area contributed by atoms with Crippen molar-refractivity contribution in [2.75, 3.05) is 11.5 Å². The second-order valence-electron chi connectivity index (χ2n) is 8.29. The normalized spacial score (nSPS) is 28.3. The van der Waals surface area contributed by atoms with Crippen molar-refractivity contribution in [3.63, 3.8) is 0 Å². The van der Waals surface area contributed by atoms with Gasteiger partial charge in [-0.3, -0.25) is 9.59 Å². The molecule has 0 spiro atoms. The quantitative estimate of drug-likeness (QED) is 0.532. The average Bonchev–Trinajstić information content (AvgIpc) is 3.42. The van der Waals surface area contributed by atoms with Gasteiger partial charge in [0.2, 0.25) is 11.8 Å². The molecular formula is C26H25NO3. The zero-order chi connectivity index (χ0) is 20.8. The Kier molecular flexibility index (Phi) is 4.58. The number of carbonyl (C=O) groups excluding carboxylic acids is 2. The van der Waals surface area contributed by atoms with Gasteiger partial charge in [-0.15, -0.1) is 0 Å². The molecule has 2 aromatic rings. The number of hydrogen-bond acceptors (Lipinski definition) is 3. The van der Waals surface area contributed by atoms with Crippen molar-refractivity contribution < 1.29 is 14.3 Å². The number of allylic oxidation sites excluding steroid dienone is 4. The number of rotatable bonds is 5. The number of carbonyl (C=O) groups is 2. The molecule has 1 saturated heterocycles. The molecule has 4 heteroatoms. The molecule has 2 aliphatic carbocycles. The maximum absolute atomic E-state index is 13.4. The monoisotopic (exact) mass is 399 g/mol. The summed E-state index contributed by atoms with van der Waals surface area (Å²) in [7, 11) is 0. The van der Waals surface area contributed by atoms with Crippen LogP contribution in [0.2, 0.25) is 0 Å². The van der Waals surface area contributed by atoms with Crippen molar-refractivity contribution in [1.29, 1.82) is 0 Å². The Hall–Kier alpha value is -3.14. The summed E-state index contributed by atoms with van der Waals surface area (Å²) in [5.41, 5.74) is 4.22. The third-order valence-corrected chi connectivity index (χ3v) is 6.62. The Labute approximate surface area is 176 Å². The number of hydrogen-bond donors (Lipinski definition) is 0. The first-order valence-electron chi connectivity index (χ1n) is 10.7. The third kappa shape index (κ3) is 2.74. The second kappa shape index (κ2) is 7.28. The first-order valence-corrected chi connectivity index (χ1v) is 10.7. The molecule has 2 bridgehead atoms. The van der Waals surface area contributed by atoms with E-state index < -0.39 is 0 Å². The number of amides is 2. The topological polar surface area (TPSA) is 46.6 Å². The van der Waals surface area contributed by atoms with Crippen LogP contribution in [0.25, 0.3) is 5.57 Å². The van der Waals surface area contributed by atoms with Crippen LogP contribution in [0.15, 0.2) is 72.3 Å². The minimum atomic E-state index is -0.294. The molecule has 1 aliphatic heterocycles. The highest BCUT2D eigenvalue weighted by atomic mass is 16.5. The van der Waals surface area contributed by atoms with E-state index in [0.29, 0.717) is 12.3 Å². The molecule has 5 rings (SSSR count). The van der Waals surface area contributed by atoms with E-state index in [-0.39, 0.29) is 35.5 Å². The van der Waals surface area contributed by atoms with Crippen LogP contribution >= 0.6 is 0 Å². The summed E-state index contributed by atoms with van der Waals surface area (Å²) in [5, 5.41) is 0. The van der Waals surface area contributed by atoms with Gasteiger partial charge in [-0.05, 0) is 48.7 Å². The standard InChI is InChI=1S/C26H25NO3/c1-3-15-30-19-11-9-18(10-12-19)27-25(28)23-20-13-14-21(24(23)26(27)29)22(20)16(2)17-7-5-4-6-8-17/h4-14,20-21,23-24H,3,15H2,1-2H3/t20-,21-,23-,24+/m0/s1. The van der Waals surface area contributed by atoms with Crippen LogP contribution in [0.4, 0.5) is 5.69 Å². The van der Waals surface area contributed by atoms with E-state index in [1.165, 1.54) is 16.0 Å². The summed E-state index contributed by atoms with van der Waals surface area (Å²) in [5.74, 6) is 0.0206. The van der Waals surface area contributed by atoms with Gasteiger partial charge < -0.3 is 4.74 Å². The number of fused-ring (bicyclic) bond motifs is 5. The van der Waals surface area contributed by atoms with E-state index in [2.05, 4.69) is 38.1 Å². The summed E-state index contributed by atoms with van der Waals surface area (Å²) in [6.45, 7) is 4.82. The van der Waals surface area contributed by atoms with Crippen molar-refractivity contribution in [2.24, 2.45) is 23.7 Å². The Morgan fingerprint density at radius 3 is 2.07 bits per heavy atom. The van der Waals surface area contributed by atoms with Gasteiger partial charge in [0.25, 0.3) is 0 Å². The maximum atomic E-state index is 13.4. The molecule has 30 heavy (non-hydrogen) atoms. The lowest BCUT2D eigenvalue weighted by Gasteiger charge is -2.20. The third-order valence-electron chi connectivity index (χ3n) is 6.62. The Morgan fingerprint density at radius 2 is 1.50 bits per heavy atom. The van der Waals surface area contributed by atoms with Gasteiger partial charge in [0.15, 0.2) is 0 Å². The number of nitrogens with zero attached hydrogens (tertiary/aromatic N) is 1. The van der Waals surface area contributed by atoms with Crippen LogP contribution in [-0.4, -0.2) is 18.4 Å². The fourth-order valence-electron chi connectivity index (χ4n) is 5.28. The van der Waals surface area contributed by atoms with Gasteiger partial charge in [0, 0.05) is 11.8 Å². The van der Waals surface area contributed by atoms with E-state index in [9.17, 15) is 9.59 Å². The van der Waals surface area contributed by atoms with Crippen molar-refractivity contribution >= 4 is 23.1 Å². The molecule has 3 aliphatic rings. The minimum absolute atomic E-state index is 0.00816. The number of benzene rings is 2. The molecule has 0 radical (unpaired) electrons. The summed E-state index contributed by atoms with van der Waals surface area (Å²) < 4.78 is 5.62. The lowest BCUT2D eigenvalue weighted by Crippen LogP contribution is -2.33. The SMILES string of the molecule is CCCOc1ccc(N2C(=O)[C@@H]3[C@H](C2=O)[C@H]2C=C[C@H]3C2=C(C)c2ccccc2)cc1. The van der Waals surface area contributed by atoms with Gasteiger partial charge in [-0.25, -0.2) is 4.90 Å². The lowest BCUT2D eigenvalue weighted by atomic mass is 9.85. The highest BCUT2D eigenvalue weighted by molar-refractivity contribution is 6.23. The number of imide groups is 1. The first kappa shape index (κ1) is 18.9. The fourth-order valence-corrected chi connectivity index (χ4v) is 5.28. The van der Waals surface area contributed by atoms with Gasteiger partial charge in [-0.1, -0.05) is 55.0 Å². The molecular weight excluding hydrogens is 374 g/mol. The predicted molar refractivity (Wildman–Crippen MR) is 117 cm³/mol. The summed E-state index contributed by atoms with van der Waals surface area (Å²) in [6.07, 6.45) is 5.19. The summed E-state index contributed by atoms with van der Waals surface area (Å²) in [6, 6.07) is 17.5. The smallest absolute Gasteiger partial charge is 0.238 e. The van der Waals surface area contributed by atoms with Crippen molar-refractivity contribution in [3.05, 3.63) is 77.9 Å². The van der Waals surface area contributed by atoms with Gasteiger partial charge in [0.05, 0.1) is 24.1 Å². The molecule has 2 fully saturated rings. The van der Waals surface area contributed by atoms with Crippen molar-refractivity contribution in [2.45, 2.75) is 20.3 Å². The molecule has 0 aromatic heterocycles. The van der Waals surface area contributed by atoms with Crippen LogP contribution in [0, 0.1) is 23.7 Å². The summed E-state index contributed by atoms with van der Waals surface area (Å²) >= 11 is 0. The van der Waals surface area contributed by atoms with Gasteiger partial charge >= 0.3 is 0 Å². The van der Waals surface area contributed by atoms with E-state index in [0.717, 1.165) is 17.7 Å². The van der Waals surface area contributed by atoms with E-state index in [4.69, 9.17) is 4.74 Å². The van der Waals surface area contributed by atoms with Crippen LogP contribution < -0.4 is 9.64 Å². The first-order chi connectivity index (χ1) is 14.6. The van der Waals surface area contributed by atoms with Crippen molar-refractivity contribution in [3.8, 4) is 5.75 Å². The lowest BCUT2D eigenvalue weighted by molar-refractivity contribution is -0.122. The maximum Gasteiger partial charge on any atom is 0.238 e. The largest absolute Gasteiger partial charge is 0.494 e. The molecule has 2 aromatic carbocycles. The molecule has 0 unspecified atom stereocenters. The highest BCUT2D eigenvalue weighted by Crippen LogP contribution is 2.58. The molecule has 152 valence electrons. The van der Waals surface area contributed by atoms with Crippen molar-refractivity contribution in [1.82, 2.24) is 0 Å². The van der Waals surface area contributed by atoms with E-state index >= 15 is 0 Å². The minimum Gasteiger partial charge on any atom is -0.494 e. The van der Waals surface area contributed by atoms with Crippen LogP contribution in [0.5, 0.6) is 5.75 Å². The zero-order valence-corrected chi connectivity index (χ0v) is 17.2. The molecule has 0 N–H and O–H groups in total. The predicted octanol–water partition coefficient (Wildman–Crippen LogP) is 4.87. The van der Waals surface area contributed by atoms with Crippen LogP contribution in [0.1, 0.15) is 25.8 Å². The molecule has 2 amide bonds.